The number of hydrogen-bond acceptors (Lipinski definition) is 2. The van der Waals surface area contributed by atoms with Gasteiger partial charge in [0.25, 0.3) is 0 Å². The number of carbonyl (C=O) groups excluding carboxylic acids is 2. The molecule has 2 unspecified atom stereocenters. The molecule has 1 aliphatic rings. The fourth-order valence-electron chi connectivity index (χ4n) is 3.14. The fraction of sp³-hybridized carbons (Fsp3) is 0.579. The second-order valence-electron chi connectivity index (χ2n) is 7.33. The van der Waals surface area contributed by atoms with Crippen LogP contribution in [-0.4, -0.2) is 17.9 Å². The minimum absolute atomic E-state index is 0.00647. The third-order valence-electron chi connectivity index (χ3n) is 4.36. The third-order valence-corrected chi connectivity index (χ3v) is 4.59. The maximum absolute atomic E-state index is 12.7. The molecule has 24 heavy (non-hydrogen) atoms. The van der Waals surface area contributed by atoms with E-state index in [1.54, 1.807) is 0 Å². The van der Waals surface area contributed by atoms with E-state index in [4.69, 9.17) is 11.6 Å². The normalized spacial score (nSPS) is 17.7. The summed E-state index contributed by atoms with van der Waals surface area (Å²) in [7, 11) is 0. The van der Waals surface area contributed by atoms with Gasteiger partial charge < -0.3 is 10.6 Å². The van der Waals surface area contributed by atoms with Gasteiger partial charge in [-0.1, -0.05) is 45.4 Å². The molecule has 0 saturated carbocycles. The number of aryl methyl sites for hydroxylation is 1. The van der Waals surface area contributed by atoms with Gasteiger partial charge in [0.2, 0.25) is 11.8 Å². The van der Waals surface area contributed by atoms with Crippen LogP contribution in [0, 0.1) is 11.8 Å². The molecule has 2 rings (SSSR count). The summed E-state index contributed by atoms with van der Waals surface area (Å²) in [6, 6.07) is 5.29. The van der Waals surface area contributed by atoms with Crippen molar-refractivity contribution in [1.82, 2.24) is 10.6 Å². The first-order chi connectivity index (χ1) is 11.3. The molecule has 4 nitrogen and oxygen atoms in total. The average molecular weight is 351 g/mol. The molecule has 0 radical (unpaired) electrons. The van der Waals surface area contributed by atoms with Crippen LogP contribution >= 0.6 is 11.6 Å². The van der Waals surface area contributed by atoms with Crippen molar-refractivity contribution in [3.63, 3.8) is 0 Å². The molecule has 2 atom stereocenters. The van der Waals surface area contributed by atoms with E-state index in [2.05, 4.69) is 10.6 Å². The zero-order valence-corrected chi connectivity index (χ0v) is 15.6. The Morgan fingerprint density at radius 2 is 1.96 bits per heavy atom. The molecule has 0 bridgehead atoms. The molecular weight excluding hydrogens is 324 g/mol. The predicted octanol–water partition coefficient (Wildman–Crippen LogP) is 3.63. The van der Waals surface area contributed by atoms with Gasteiger partial charge >= 0.3 is 0 Å². The lowest BCUT2D eigenvalue weighted by Crippen LogP contribution is -2.50. The number of nitrogens with one attached hydrogen (secondary N) is 2. The monoisotopic (exact) mass is 350 g/mol. The first-order valence-corrected chi connectivity index (χ1v) is 9.03. The summed E-state index contributed by atoms with van der Waals surface area (Å²) >= 11 is 6.03. The summed E-state index contributed by atoms with van der Waals surface area (Å²) in [5.41, 5.74) is 2.32. The number of benzene rings is 1. The summed E-state index contributed by atoms with van der Waals surface area (Å²) < 4.78 is 0. The summed E-state index contributed by atoms with van der Waals surface area (Å²) in [4.78, 5) is 24.7. The highest BCUT2D eigenvalue weighted by molar-refractivity contribution is 6.30. The van der Waals surface area contributed by atoms with Crippen molar-refractivity contribution >= 4 is 23.4 Å². The number of carbonyl (C=O) groups is 2. The van der Waals surface area contributed by atoms with E-state index in [0.717, 1.165) is 23.4 Å². The minimum atomic E-state index is -0.507. The maximum Gasteiger partial charge on any atom is 0.243 e. The van der Waals surface area contributed by atoms with Crippen molar-refractivity contribution in [2.24, 2.45) is 11.8 Å². The molecule has 2 amide bonds. The van der Waals surface area contributed by atoms with Crippen LogP contribution < -0.4 is 10.6 Å². The standard InChI is InChI=1S/C19H27ClN2O2/c1-11(2)9-17(23)22-18(12(3)4)19(24)21-16-8-5-13-10-14(20)6-7-15(13)16/h6-7,10-12,16,18H,5,8-9H2,1-4H3,(H,21,24)(H,22,23). The summed E-state index contributed by atoms with van der Waals surface area (Å²) in [6.07, 6.45) is 2.21. The van der Waals surface area contributed by atoms with E-state index < -0.39 is 6.04 Å². The molecule has 0 heterocycles. The molecule has 0 aliphatic heterocycles. The highest BCUT2D eigenvalue weighted by atomic mass is 35.5. The lowest BCUT2D eigenvalue weighted by molar-refractivity contribution is -0.130. The second kappa shape index (κ2) is 8.02. The summed E-state index contributed by atoms with van der Waals surface area (Å²) in [5.74, 6) is 0.117. The Balaban J connectivity index is 2.03. The van der Waals surface area contributed by atoms with Crippen molar-refractivity contribution in [1.29, 1.82) is 0 Å². The maximum atomic E-state index is 12.7. The Hall–Kier alpha value is -1.55. The van der Waals surface area contributed by atoms with E-state index in [1.165, 1.54) is 5.56 Å². The van der Waals surface area contributed by atoms with Gasteiger partial charge in [-0.15, -0.1) is 0 Å². The average Bonchev–Trinajstić information content (AvgIpc) is 2.85. The Labute approximate surface area is 149 Å². The molecule has 0 spiro atoms. The van der Waals surface area contributed by atoms with Crippen molar-refractivity contribution in [3.05, 3.63) is 34.3 Å². The lowest BCUT2D eigenvalue weighted by Gasteiger charge is -2.24. The van der Waals surface area contributed by atoms with E-state index in [-0.39, 0.29) is 29.7 Å². The first-order valence-electron chi connectivity index (χ1n) is 8.66. The zero-order valence-electron chi connectivity index (χ0n) is 14.9. The van der Waals surface area contributed by atoms with Crippen LogP contribution in [0.2, 0.25) is 5.02 Å². The zero-order chi connectivity index (χ0) is 17.9. The van der Waals surface area contributed by atoms with Crippen LogP contribution in [0.1, 0.15) is 57.7 Å². The number of fused-ring (bicyclic) bond motifs is 1. The largest absolute Gasteiger partial charge is 0.347 e. The molecule has 0 saturated heterocycles. The number of halogens is 1. The Morgan fingerprint density at radius 1 is 1.25 bits per heavy atom. The molecule has 1 aliphatic carbocycles. The molecule has 5 heteroatoms. The molecule has 132 valence electrons. The van der Waals surface area contributed by atoms with Gasteiger partial charge in [-0.25, -0.2) is 0 Å². The minimum Gasteiger partial charge on any atom is -0.347 e. The van der Waals surface area contributed by atoms with Gasteiger partial charge in [0.1, 0.15) is 6.04 Å². The van der Waals surface area contributed by atoms with Crippen molar-refractivity contribution in [2.45, 2.75) is 59.0 Å². The van der Waals surface area contributed by atoms with Gasteiger partial charge in [-0.05, 0) is 47.9 Å². The Kier molecular flexibility index (Phi) is 6.27. The highest BCUT2D eigenvalue weighted by Crippen LogP contribution is 2.32. The lowest BCUT2D eigenvalue weighted by atomic mass is 10.0. The molecule has 1 aromatic carbocycles. The van der Waals surface area contributed by atoms with Crippen LogP contribution in [0.5, 0.6) is 0 Å². The molecule has 0 fully saturated rings. The second-order valence-corrected chi connectivity index (χ2v) is 7.77. The highest BCUT2D eigenvalue weighted by Gasteiger charge is 2.29. The summed E-state index contributed by atoms with van der Waals surface area (Å²) in [5, 5.41) is 6.70. The topological polar surface area (TPSA) is 58.2 Å². The number of hydrogen-bond donors (Lipinski definition) is 2. The van der Waals surface area contributed by atoms with E-state index in [0.29, 0.717) is 6.42 Å². The molecule has 0 aromatic heterocycles. The SMILES string of the molecule is CC(C)CC(=O)NC(C(=O)NC1CCc2cc(Cl)ccc21)C(C)C. The van der Waals surface area contributed by atoms with E-state index in [1.807, 2.05) is 45.9 Å². The quantitative estimate of drug-likeness (QED) is 0.823. The van der Waals surface area contributed by atoms with Gasteiger partial charge in [0, 0.05) is 11.4 Å². The van der Waals surface area contributed by atoms with Crippen molar-refractivity contribution in [3.8, 4) is 0 Å². The number of amides is 2. The molecule has 2 N–H and O–H groups in total. The summed E-state index contributed by atoms with van der Waals surface area (Å²) in [6.45, 7) is 7.87. The van der Waals surface area contributed by atoms with Crippen LogP contribution in [0.15, 0.2) is 18.2 Å². The number of rotatable bonds is 6. The van der Waals surface area contributed by atoms with Crippen molar-refractivity contribution in [2.75, 3.05) is 0 Å². The van der Waals surface area contributed by atoms with Crippen LogP contribution in [0.3, 0.4) is 0 Å². The van der Waals surface area contributed by atoms with Crippen LogP contribution in [0.4, 0.5) is 0 Å². The first kappa shape index (κ1) is 18.8. The smallest absolute Gasteiger partial charge is 0.243 e. The van der Waals surface area contributed by atoms with Crippen LogP contribution in [-0.2, 0) is 16.0 Å². The van der Waals surface area contributed by atoms with Gasteiger partial charge in [0.05, 0.1) is 6.04 Å². The molecule has 1 aromatic rings. The Morgan fingerprint density at radius 3 is 2.58 bits per heavy atom. The fourth-order valence-corrected chi connectivity index (χ4v) is 3.33. The van der Waals surface area contributed by atoms with E-state index >= 15 is 0 Å². The van der Waals surface area contributed by atoms with Gasteiger partial charge in [-0.2, -0.15) is 0 Å². The Bertz CT molecular complexity index is 613. The van der Waals surface area contributed by atoms with Crippen LogP contribution in [0.25, 0.3) is 0 Å². The van der Waals surface area contributed by atoms with Gasteiger partial charge in [-0.3, -0.25) is 9.59 Å². The predicted molar refractivity (Wildman–Crippen MR) is 96.9 cm³/mol. The van der Waals surface area contributed by atoms with E-state index in [9.17, 15) is 9.59 Å². The molecular formula is C19H27ClN2O2. The third kappa shape index (κ3) is 4.73. The van der Waals surface area contributed by atoms with Crippen molar-refractivity contribution < 1.29 is 9.59 Å². The van der Waals surface area contributed by atoms with Gasteiger partial charge in [0.15, 0.2) is 0 Å².